The van der Waals surface area contributed by atoms with E-state index < -0.39 is 0 Å². The Morgan fingerprint density at radius 2 is 1.85 bits per heavy atom. The van der Waals surface area contributed by atoms with Crippen molar-refractivity contribution < 1.29 is 14.3 Å². The first kappa shape index (κ1) is 18.7. The summed E-state index contributed by atoms with van der Waals surface area (Å²) in [5, 5.41) is 9.02. The topological polar surface area (TPSA) is 84.0 Å². The molecule has 0 atom stereocenters. The lowest BCUT2D eigenvalue weighted by Gasteiger charge is -2.11. The third kappa shape index (κ3) is 13.1. The minimum atomic E-state index is -0.0260. The molecular weight excluding hydrogens is 260 g/mol. The molecule has 0 rings (SSSR count). The molecule has 20 heavy (non-hydrogen) atoms. The van der Waals surface area contributed by atoms with Crippen molar-refractivity contribution in [3.63, 3.8) is 0 Å². The van der Waals surface area contributed by atoms with E-state index in [1.165, 1.54) is 6.92 Å². The van der Waals surface area contributed by atoms with Gasteiger partial charge >= 0.3 is 0 Å². The Labute approximate surface area is 121 Å². The van der Waals surface area contributed by atoms with Crippen LogP contribution < -0.4 is 16.0 Å². The van der Waals surface area contributed by atoms with Crippen LogP contribution in [0.25, 0.3) is 0 Å². The molecule has 0 aromatic carbocycles. The molecule has 0 aromatic heterocycles. The molecule has 0 aliphatic heterocycles. The van der Waals surface area contributed by atoms with Crippen LogP contribution in [0.3, 0.4) is 0 Å². The molecule has 0 spiro atoms. The summed E-state index contributed by atoms with van der Waals surface area (Å²) < 4.78 is 10.2. The van der Waals surface area contributed by atoms with Crippen LogP contribution in [-0.2, 0) is 14.3 Å². The van der Waals surface area contributed by atoms with Crippen LogP contribution in [0.2, 0.25) is 0 Å². The normalized spacial score (nSPS) is 11.2. The molecule has 1 amide bonds. The first-order chi connectivity index (χ1) is 9.70. The molecule has 0 aliphatic carbocycles. The molecule has 0 saturated carbocycles. The van der Waals surface area contributed by atoms with Gasteiger partial charge in [-0.2, -0.15) is 0 Å². The molecule has 0 heterocycles. The van der Waals surface area contributed by atoms with E-state index in [0.717, 1.165) is 18.9 Å². The molecule has 0 saturated heterocycles. The highest BCUT2D eigenvalue weighted by Gasteiger charge is 1.97. The van der Waals surface area contributed by atoms with Gasteiger partial charge in [0.2, 0.25) is 5.91 Å². The zero-order valence-corrected chi connectivity index (χ0v) is 12.8. The summed E-state index contributed by atoms with van der Waals surface area (Å²) in [6.07, 6.45) is 0.867. The summed E-state index contributed by atoms with van der Waals surface area (Å²) in [5.41, 5.74) is 0. The number of methoxy groups -OCH3 is 1. The predicted octanol–water partition coefficient (Wildman–Crippen LogP) is -0.269. The van der Waals surface area contributed by atoms with Gasteiger partial charge in [0, 0.05) is 46.8 Å². The van der Waals surface area contributed by atoms with Crippen LogP contribution in [0.1, 0.15) is 20.3 Å². The number of aliphatic imine (C=N–C) groups is 1. The number of hydrogen-bond acceptors (Lipinski definition) is 4. The predicted molar refractivity (Wildman–Crippen MR) is 80.0 cm³/mol. The lowest BCUT2D eigenvalue weighted by Crippen LogP contribution is -2.41. The fourth-order valence-electron chi connectivity index (χ4n) is 1.36. The number of guanidine groups is 1. The molecule has 118 valence electrons. The van der Waals surface area contributed by atoms with Gasteiger partial charge in [0.25, 0.3) is 0 Å². The summed E-state index contributed by atoms with van der Waals surface area (Å²) >= 11 is 0. The van der Waals surface area contributed by atoms with E-state index in [1.807, 2.05) is 6.92 Å². The first-order valence-corrected chi connectivity index (χ1v) is 7.04. The van der Waals surface area contributed by atoms with Crippen molar-refractivity contribution in [3.05, 3.63) is 0 Å². The van der Waals surface area contributed by atoms with E-state index in [1.54, 1.807) is 7.11 Å². The zero-order valence-electron chi connectivity index (χ0n) is 12.8. The molecule has 0 fully saturated rings. The molecule has 3 N–H and O–H groups in total. The Hall–Kier alpha value is -1.34. The van der Waals surface area contributed by atoms with Crippen LogP contribution in [0.4, 0.5) is 0 Å². The van der Waals surface area contributed by atoms with Gasteiger partial charge in [-0.05, 0) is 13.3 Å². The number of nitrogens with zero attached hydrogens (tertiary/aromatic N) is 1. The van der Waals surface area contributed by atoms with Crippen molar-refractivity contribution in [2.45, 2.75) is 20.3 Å². The largest absolute Gasteiger partial charge is 0.382 e. The summed E-state index contributed by atoms with van der Waals surface area (Å²) in [6, 6.07) is 0. The molecule has 7 nitrogen and oxygen atoms in total. The number of hydrogen-bond donors (Lipinski definition) is 3. The van der Waals surface area contributed by atoms with E-state index in [9.17, 15) is 4.79 Å². The maximum Gasteiger partial charge on any atom is 0.216 e. The van der Waals surface area contributed by atoms with Crippen LogP contribution in [0, 0.1) is 0 Å². The standard InChI is InChI=1S/C13H28N4O3/c1-4-14-13(17-8-7-15-12(2)18)16-6-5-9-20-11-10-19-3/h4-11H2,1-3H3,(H,15,18)(H2,14,16,17). The minimum Gasteiger partial charge on any atom is -0.382 e. The number of carbonyl (C=O) groups is 1. The third-order valence-corrected chi connectivity index (χ3v) is 2.28. The van der Waals surface area contributed by atoms with Crippen molar-refractivity contribution >= 4 is 11.9 Å². The number of rotatable bonds is 11. The summed E-state index contributed by atoms with van der Waals surface area (Å²) in [4.78, 5) is 15.1. The Morgan fingerprint density at radius 3 is 2.50 bits per heavy atom. The molecule has 7 heteroatoms. The molecule has 0 unspecified atom stereocenters. The molecule has 0 aromatic rings. The Bertz CT molecular complexity index is 272. The number of nitrogens with one attached hydrogen (secondary N) is 3. The highest BCUT2D eigenvalue weighted by molar-refractivity contribution is 5.79. The first-order valence-electron chi connectivity index (χ1n) is 7.04. The van der Waals surface area contributed by atoms with Gasteiger partial charge < -0.3 is 25.4 Å². The van der Waals surface area contributed by atoms with Gasteiger partial charge in [0.05, 0.1) is 13.2 Å². The van der Waals surface area contributed by atoms with Gasteiger partial charge in [0.15, 0.2) is 5.96 Å². The van der Waals surface area contributed by atoms with Crippen LogP contribution in [0.5, 0.6) is 0 Å². The summed E-state index contributed by atoms with van der Waals surface area (Å²) in [6.45, 7) is 8.17. The SMILES string of the molecule is CCNC(=NCCCOCCOC)NCCNC(C)=O. The van der Waals surface area contributed by atoms with E-state index in [0.29, 0.717) is 39.5 Å². The summed E-state index contributed by atoms with van der Waals surface area (Å²) in [7, 11) is 1.66. The average Bonchev–Trinajstić information content (AvgIpc) is 2.42. The van der Waals surface area contributed by atoms with Crippen molar-refractivity contribution in [3.8, 4) is 0 Å². The van der Waals surface area contributed by atoms with Crippen LogP contribution in [-0.4, -0.2) is 65.0 Å². The van der Waals surface area contributed by atoms with Gasteiger partial charge in [-0.1, -0.05) is 0 Å². The Balaban J connectivity index is 3.69. The highest BCUT2D eigenvalue weighted by atomic mass is 16.5. The molecule has 0 bridgehead atoms. The number of carbonyl (C=O) groups excluding carboxylic acids is 1. The van der Waals surface area contributed by atoms with Gasteiger partial charge in [-0.3, -0.25) is 9.79 Å². The maximum atomic E-state index is 10.7. The van der Waals surface area contributed by atoms with Crippen molar-refractivity contribution in [1.29, 1.82) is 0 Å². The lowest BCUT2D eigenvalue weighted by molar-refractivity contribution is -0.118. The third-order valence-electron chi connectivity index (χ3n) is 2.28. The highest BCUT2D eigenvalue weighted by Crippen LogP contribution is 1.85. The van der Waals surface area contributed by atoms with Gasteiger partial charge in [-0.15, -0.1) is 0 Å². The minimum absolute atomic E-state index is 0.0260. The smallest absolute Gasteiger partial charge is 0.216 e. The van der Waals surface area contributed by atoms with Crippen LogP contribution >= 0.6 is 0 Å². The van der Waals surface area contributed by atoms with E-state index in [2.05, 4.69) is 20.9 Å². The maximum absolute atomic E-state index is 10.7. The second-order valence-electron chi connectivity index (χ2n) is 4.13. The van der Waals surface area contributed by atoms with E-state index in [-0.39, 0.29) is 5.91 Å². The fourth-order valence-corrected chi connectivity index (χ4v) is 1.36. The van der Waals surface area contributed by atoms with Crippen LogP contribution in [0.15, 0.2) is 4.99 Å². The Morgan fingerprint density at radius 1 is 1.10 bits per heavy atom. The van der Waals surface area contributed by atoms with E-state index in [4.69, 9.17) is 9.47 Å². The van der Waals surface area contributed by atoms with Crippen molar-refractivity contribution in [2.75, 3.05) is 53.1 Å². The molecule has 0 aliphatic rings. The van der Waals surface area contributed by atoms with Gasteiger partial charge in [0.1, 0.15) is 0 Å². The Kier molecular flexibility index (Phi) is 13.1. The number of ether oxygens (including phenoxy) is 2. The second kappa shape index (κ2) is 14.1. The molecular formula is C13H28N4O3. The summed E-state index contributed by atoms with van der Waals surface area (Å²) in [5.74, 6) is 0.733. The van der Waals surface area contributed by atoms with Crippen molar-refractivity contribution in [1.82, 2.24) is 16.0 Å². The monoisotopic (exact) mass is 288 g/mol. The van der Waals surface area contributed by atoms with Gasteiger partial charge in [-0.25, -0.2) is 0 Å². The molecule has 0 radical (unpaired) electrons. The van der Waals surface area contributed by atoms with Crippen molar-refractivity contribution in [2.24, 2.45) is 4.99 Å². The zero-order chi connectivity index (χ0) is 15.1. The second-order valence-corrected chi connectivity index (χ2v) is 4.13. The fraction of sp³-hybridized carbons (Fsp3) is 0.846. The lowest BCUT2D eigenvalue weighted by atomic mass is 10.4. The van der Waals surface area contributed by atoms with E-state index >= 15 is 0 Å². The quantitative estimate of drug-likeness (QED) is 0.277. The number of amides is 1. The average molecular weight is 288 g/mol.